The number of rotatable bonds is 36. The number of carbonyl (C=O) groups is 3. The Kier molecular flexibility index (Phi) is 30.8. The Morgan fingerprint density at radius 1 is 0.724 bits per heavy atom. The smallest absolute Gasteiger partial charge is 0.306 e. The van der Waals surface area contributed by atoms with Gasteiger partial charge in [-0.3, -0.25) is 19.3 Å². The maximum Gasteiger partial charge on any atom is 0.306 e. The third-order valence-corrected chi connectivity index (χ3v) is 11.7. The molecule has 1 atom stereocenters. The van der Waals surface area contributed by atoms with E-state index in [1.54, 1.807) is 12.0 Å². The van der Waals surface area contributed by atoms with E-state index in [1.165, 1.54) is 103 Å². The monoisotopic (exact) mass is 811 g/mol. The van der Waals surface area contributed by atoms with Gasteiger partial charge in [0.15, 0.2) is 0 Å². The van der Waals surface area contributed by atoms with E-state index in [9.17, 15) is 14.4 Å². The summed E-state index contributed by atoms with van der Waals surface area (Å²) in [6, 6.07) is 7.35. The van der Waals surface area contributed by atoms with Crippen LogP contribution in [0.2, 0.25) is 0 Å². The fourth-order valence-electron chi connectivity index (χ4n) is 7.69. The van der Waals surface area contributed by atoms with Crippen LogP contribution in [0.1, 0.15) is 174 Å². The van der Waals surface area contributed by atoms with E-state index in [0.717, 1.165) is 69.6 Å². The average Bonchev–Trinajstić information content (AvgIpc) is 3.23. The number of unbranched alkanes of at least 4 members (excludes halogenated alkanes) is 18. The molecule has 1 heterocycles. The van der Waals surface area contributed by atoms with Crippen molar-refractivity contribution < 1.29 is 23.9 Å². The van der Waals surface area contributed by atoms with Crippen molar-refractivity contribution in [2.75, 3.05) is 66.6 Å². The predicted octanol–water partition coefficient (Wildman–Crippen LogP) is 10.3. The van der Waals surface area contributed by atoms with Gasteiger partial charge in [0, 0.05) is 52.2 Å². The predicted molar refractivity (Wildman–Crippen MR) is 241 cm³/mol. The second-order valence-corrected chi connectivity index (χ2v) is 16.7. The van der Waals surface area contributed by atoms with Crippen LogP contribution in [0.4, 0.5) is 0 Å². The zero-order chi connectivity index (χ0) is 41.9. The molecule has 2 amide bonds. The molecular weight excluding hydrogens is 725 g/mol. The Hall–Kier alpha value is -2.91. The van der Waals surface area contributed by atoms with E-state index in [0.29, 0.717) is 39.1 Å². The van der Waals surface area contributed by atoms with E-state index in [2.05, 4.69) is 48.2 Å². The molecule has 1 aromatic carbocycles. The molecule has 1 fully saturated rings. The van der Waals surface area contributed by atoms with Crippen LogP contribution in [0, 0.1) is 0 Å². The van der Waals surface area contributed by atoms with Crippen molar-refractivity contribution in [1.82, 2.24) is 20.0 Å². The Morgan fingerprint density at radius 3 is 1.91 bits per heavy atom. The van der Waals surface area contributed by atoms with E-state index in [4.69, 9.17) is 9.47 Å². The quantitative estimate of drug-likeness (QED) is 0.0410. The molecule has 0 bridgehead atoms. The largest absolute Gasteiger partial charge is 0.497 e. The second kappa shape index (κ2) is 34.9. The summed E-state index contributed by atoms with van der Waals surface area (Å²) in [4.78, 5) is 47.4. The van der Waals surface area contributed by atoms with Gasteiger partial charge in [-0.1, -0.05) is 147 Å². The minimum atomic E-state index is -0.571. The summed E-state index contributed by atoms with van der Waals surface area (Å²) in [6.07, 6.45) is 31.3. The van der Waals surface area contributed by atoms with Crippen molar-refractivity contribution in [2.45, 2.75) is 180 Å². The zero-order valence-corrected chi connectivity index (χ0v) is 37.8. The molecule has 1 aromatic rings. The number of amides is 2. The summed E-state index contributed by atoms with van der Waals surface area (Å²) >= 11 is 0. The fraction of sp³-hybridized carbons (Fsp3) is 0.776. The van der Waals surface area contributed by atoms with E-state index >= 15 is 0 Å². The molecule has 9 nitrogen and oxygen atoms in total. The normalized spacial score (nSPS) is 14.1. The SMILES string of the molecule is CCCC/C=C\CCCCCCCCCC(C(=O)NCCc1ccc(OC)cc1)N(CCN1CCN(C)CC1)C(=O)CCC(=O)OCCCCCCCCCCCC. The first-order valence-electron chi connectivity index (χ1n) is 23.8. The summed E-state index contributed by atoms with van der Waals surface area (Å²) < 4.78 is 10.9. The van der Waals surface area contributed by atoms with Gasteiger partial charge >= 0.3 is 5.97 Å². The Labute approximate surface area is 355 Å². The van der Waals surface area contributed by atoms with Crippen molar-refractivity contribution in [1.29, 1.82) is 0 Å². The topological polar surface area (TPSA) is 91.4 Å². The lowest BCUT2D eigenvalue weighted by molar-refractivity contribution is -0.147. The lowest BCUT2D eigenvalue weighted by atomic mass is 10.0. The maximum absolute atomic E-state index is 14.1. The number of hydrogen-bond acceptors (Lipinski definition) is 7. The van der Waals surface area contributed by atoms with Gasteiger partial charge in [0.2, 0.25) is 11.8 Å². The van der Waals surface area contributed by atoms with Gasteiger partial charge in [-0.25, -0.2) is 0 Å². The zero-order valence-electron chi connectivity index (χ0n) is 37.8. The van der Waals surface area contributed by atoms with Gasteiger partial charge in [-0.2, -0.15) is 0 Å². The van der Waals surface area contributed by atoms with E-state index in [1.807, 2.05) is 24.3 Å². The molecule has 9 heteroatoms. The van der Waals surface area contributed by atoms with E-state index in [-0.39, 0.29) is 30.6 Å². The summed E-state index contributed by atoms with van der Waals surface area (Å²) in [7, 11) is 3.80. The lowest BCUT2D eigenvalue weighted by Gasteiger charge is -2.36. The fourth-order valence-corrected chi connectivity index (χ4v) is 7.69. The Balaban J connectivity index is 1.95. The summed E-state index contributed by atoms with van der Waals surface area (Å²) in [6.45, 7) is 10.4. The maximum atomic E-state index is 14.1. The summed E-state index contributed by atoms with van der Waals surface area (Å²) in [5.41, 5.74) is 1.12. The first-order chi connectivity index (χ1) is 28.4. The molecule has 0 spiro atoms. The van der Waals surface area contributed by atoms with Crippen molar-refractivity contribution in [3.8, 4) is 5.75 Å². The number of nitrogens with zero attached hydrogens (tertiary/aromatic N) is 3. The van der Waals surface area contributed by atoms with Crippen LogP contribution in [0.15, 0.2) is 36.4 Å². The number of piperazine rings is 1. The van der Waals surface area contributed by atoms with Gasteiger partial charge in [-0.15, -0.1) is 0 Å². The molecule has 0 aromatic heterocycles. The second-order valence-electron chi connectivity index (χ2n) is 16.7. The number of benzene rings is 1. The first kappa shape index (κ1) is 51.2. The van der Waals surface area contributed by atoms with Crippen LogP contribution in [-0.4, -0.2) is 105 Å². The molecule has 0 aliphatic carbocycles. The van der Waals surface area contributed by atoms with Crippen LogP contribution >= 0.6 is 0 Å². The van der Waals surface area contributed by atoms with Gasteiger partial charge in [0.25, 0.3) is 0 Å². The van der Waals surface area contributed by atoms with Crippen molar-refractivity contribution >= 4 is 17.8 Å². The third-order valence-electron chi connectivity index (χ3n) is 11.7. The number of carbonyl (C=O) groups excluding carboxylic acids is 3. The standard InChI is InChI=1S/C49H86N4O5/c1-5-7-9-11-13-15-17-18-19-20-22-24-26-28-46(49(56)50-36-35-44-29-31-45(57-4)32-30-44)53(42-41-52-39-37-51(3)38-40-52)47(54)33-34-48(55)58-43-27-25-23-21-16-14-12-10-8-6-2/h11,13,29-32,46H,5-10,12,14-28,33-43H2,1-4H3,(H,50,56)/b13-11-. The van der Waals surface area contributed by atoms with Crippen LogP contribution in [0.25, 0.3) is 0 Å². The summed E-state index contributed by atoms with van der Waals surface area (Å²) in [5.74, 6) is 0.246. The number of methoxy groups -OCH3 is 1. The van der Waals surface area contributed by atoms with Crippen molar-refractivity contribution in [2.24, 2.45) is 0 Å². The highest BCUT2D eigenvalue weighted by molar-refractivity contribution is 5.89. The minimum Gasteiger partial charge on any atom is -0.497 e. The van der Waals surface area contributed by atoms with Gasteiger partial charge in [-0.05, 0) is 63.3 Å². The number of nitrogens with one attached hydrogen (secondary N) is 1. The van der Waals surface area contributed by atoms with Crippen molar-refractivity contribution in [3.05, 3.63) is 42.0 Å². The molecule has 1 N–H and O–H groups in total. The molecule has 2 rings (SSSR count). The molecule has 58 heavy (non-hydrogen) atoms. The molecule has 0 radical (unpaired) electrons. The molecule has 0 saturated carbocycles. The molecule has 332 valence electrons. The van der Waals surface area contributed by atoms with Crippen LogP contribution in [0.5, 0.6) is 5.75 Å². The van der Waals surface area contributed by atoms with Crippen molar-refractivity contribution in [3.63, 3.8) is 0 Å². The number of likely N-dealkylation sites (N-methyl/N-ethyl adjacent to an activating group) is 1. The van der Waals surface area contributed by atoms with Gasteiger partial charge in [0.05, 0.1) is 20.1 Å². The van der Waals surface area contributed by atoms with Crippen LogP contribution in [-0.2, 0) is 25.5 Å². The Bertz CT molecular complexity index is 1200. The number of esters is 1. The number of hydrogen-bond donors (Lipinski definition) is 1. The Morgan fingerprint density at radius 2 is 1.29 bits per heavy atom. The molecule has 1 aliphatic rings. The van der Waals surface area contributed by atoms with Crippen LogP contribution in [0.3, 0.4) is 0 Å². The highest BCUT2D eigenvalue weighted by Gasteiger charge is 2.30. The first-order valence-corrected chi connectivity index (χ1v) is 23.8. The molecule has 1 aliphatic heterocycles. The van der Waals surface area contributed by atoms with Crippen LogP contribution < -0.4 is 10.1 Å². The highest BCUT2D eigenvalue weighted by atomic mass is 16.5. The molecule has 1 saturated heterocycles. The number of allylic oxidation sites excluding steroid dienone is 2. The average molecular weight is 811 g/mol. The van der Waals surface area contributed by atoms with E-state index < -0.39 is 6.04 Å². The summed E-state index contributed by atoms with van der Waals surface area (Å²) in [5, 5.41) is 3.18. The third kappa shape index (κ3) is 25.5. The van der Waals surface area contributed by atoms with Gasteiger partial charge in [0.1, 0.15) is 11.8 Å². The molecular formula is C49H86N4O5. The molecule has 1 unspecified atom stereocenters. The van der Waals surface area contributed by atoms with Gasteiger partial charge < -0.3 is 24.6 Å². The lowest BCUT2D eigenvalue weighted by Crippen LogP contribution is -2.53. The highest BCUT2D eigenvalue weighted by Crippen LogP contribution is 2.18. The minimum absolute atomic E-state index is 0.0436. The number of ether oxygens (including phenoxy) is 2.